The van der Waals surface area contributed by atoms with Gasteiger partial charge in [-0.3, -0.25) is 4.90 Å². The molecule has 3 rings (SSSR count). The van der Waals surface area contributed by atoms with Crippen molar-refractivity contribution in [3.63, 3.8) is 0 Å². The van der Waals surface area contributed by atoms with E-state index in [1.54, 1.807) is 11.3 Å². The van der Waals surface area contributed by atoms with Crippen molar-refractivity contribution in [2.45, 2.75) is 38.9 Å². The zero-order valence-corrected chi connectivity index (χ0v) is 14.3. The van der Waals surface area contributed by atoms with E-state index in [4.69, 9.17) is 4.98 Å². The molecule has 0 aromatic carbocycles. The van der Waals surface area contributed by atoms with Crippen LogP contribution in [0, 0.1) is 6.92 Å². The third kappa shape index (κ3) is 3.51. The second-order valence-corrected chi connectivity index (χ2v) is 6.89. The second-order valence-electron chi connectivity index (χ2n) is 6.17. The van der Waals surface area contributed by atoms with Gasteiger partial charge in [-0.1, -0.05) is 0 Å². The molecule has 22 heavy (non-hydrogen) atoms. The van der Waals surface area contributed by atoms with Crippen LogP contribution >= 0.6 is 11.3 Å². The van der Waals surface area contributed by atoms with Gasteiger partial charge in [-0.2, -0.15) is 0 Å². The zero-order chi connectivity index (χ0) is 15.5. The van der Waals surface area contributed by atoms with Crippen molar-refractivity contribution in [1.29, 1.82) is 0 Å². The summed E-state index contributed by atoms with van der Waals surface area (Å²) >= 11 is 1.66. The average molecular weight is 317 g/mol. The van der Waals surface area contributed by atoms with E-state index in [1.165, 1.54) is 24.1 Å². The molecule has 5 nitrogen and oxygen atoms in total. The standard InChI is InChI=1S/C16H23N5S/c1-12-17-7-13(8-20(2)3)16(19-12)15-5-4-6-21(15)9-14-10-22-11-18-14/h7,10-11,15H,4-6,8-9H2,1-3H3. The Morgan fingerprint density at radius 2 is 2.23 bits per heavy atom. The summed E-state index contributed by atoms with van der Waals surface area (Å²) in [6.07, 6.45) is 4.39. The van der Waals surface area contributed by atoms with Gasteiger partial charge in [0, 0.05) is 30.2 Å². The quantitative estimate of drug-likeness (QED) is 0.848. The van der Waals surface area contributed by atoms with Crippen molar-refractivity contribution in [1.82, 2.24) is 24.8 Å². The SMILES string of the molecule is Cc1ncc(CN(C)C)c(C2CCCN2Cc2cscn2)n1. The molecule has 3 heterocycles. The lowest BCUT2D eigenvalue weighted by molar-refractivity contribution is 0.238. The summed E-state index contributed by atoms with van der Waals surface area (Å²) in [4.78, 5) is 18.3. The molecule has 118 valence electrons. The number of thiazole rings is 1. The van der Waals surface area contributed by atoms with E-state index in [2.05, 4.69) is 39.2 Å². The summed E-state index contributed by atoms with van der Waals surface area (Å²) in [5, 5.41) is 2.14. The van der Waals surface area contributed by atoms with Crippen LogP contribution in [0.2, 0.25) is 0 Å². The molecule has 0 spiro atoms. The minimum Gasteiger partial charge on any atom is -0.305 e. The maximum absolute atomic E-state index is 4.79. The Bertz CT molecular complexity index is 611. The van der Waals surface area contributed by atoms with E-state index < -0.39 is 0 Å². The van der Waals surface area contributed by atoms with Crippen LogP contribution in [0.3, 0.4) is 0 Å². The van der Waals surface area contributed by atoms with Crippen molar-refractivity contribution < 1.29 is 0 Å². The van der Waals surface area contributed by atoms with Crippen LogP contribution in [0.4, 0.5) is 0 Å². The number of aryl methyl sites for hydroxylation is 1. The predicted molar refractivity (Wildman–Crippen MR) is 88.7 cm³/mol. The smallest absolute Gasteiger partial charge is 0.125 e. The Hall–Kier alpha value is -1.37. The summed E-state index contributed by atoms with van der Waals surface area (Å²) in [6, 6.07) is 0.387. The summed E-state index contributed by atoms with van der Waals surface area (Å²) < 4.78 is 0. The third-order valence-electron chi connectivity index (χ3n) is 4.03. The van der Waals surface area contributed by atoms with Gasteiger partial charge < -0.3 is 4.90 Å². The van der Waals surface area contributed by atoms with Crippen molar-refractivity contribution in [3.05, 3.63) is 39.9 Å². The van der Waals surface area contributed by atoms with Crippen LogP contribution in [0.1, 0.15) is 41.7 Å². The average Bonchev–Trinajstić information content (AvgIpc) is 3.12. The summed E-state index contributed by atoms with van der Waals surface area (Å²) in [6.45, 7) is 4.89. The first-order valence-corrected chi connectivity index (χ1v) is 8.66. The molecule has 1 atom stereocenters. The molecule has 1 fully saturated rings. The maximum atomic E-state index is 4.79. The highest BCUT2D eigenvalue weighted by Gasteiger charge is 2.29. The normalized spacial score (nSPS) is 19.2. The van der Waals surface area contributed by atoms with Gasteiger partial charge in [0.2, 0.25) is 0 Å². The van der Waals surface area contributed by atoms with E-state index in [9.17, 15) is 0 Å². The Balaban J connectivity index is 1.86. The number of rotatable bonds is 5. The summed E-state index contributed by atoms with van der Waals surface area (Å²) in [5.41, 5.74) is 5.52. The summed E-state index contributed by atoms with van der Waals surface area (Å²) in [7, 11) is 4.18. The molecular weight excluding hydrogens is 294 g/mol. The molecule has 0 radical (unpaired) electrons. The van der Waals surface area contributed by atoms with Crippen LogP contribution in [0.15, 0.2) is 17.1 Å². The highest BCUT2D eigenvalue weighted by atomic mass is 32.1. The molecule has 0 saturated carbocycles. The van der Waals surface area contributed by atoms with Crippen molar-refractivity contribution in [2.75, 3.05) is 20.6 Å². The van der Waals surface area contributed by atoms with Crippen LogP contribution in [0.5, 0.6) is 0 Å². The van der Waals surface area contributed by atoms with Crippen LogP contribution < -0.4 is 0 Å². The molecule has 6 heteroatoms. The number of nitrogens with zero attached hydrogens (tertiary/aromatic N) is 5. The fourth-order valence-corrected chi connectivity index (χ4v) is 3.66. The minimum atomic E-state index is 0.387. The van der Waals surface area contributed by atoms with E-state index >= 15 is 0 Å². The van der Waals surface area contributed by atoms with Crippen LogP contribution in [-0.2, 0) is 13.1 Å². The lowest BCUT2D eigenvalue weighted by Crippen LogP contribution is -2.26. The Labute approximate surface area is 136 Å². The molecule has 2 aromatic rings. The maximum Gasteiger partial charge on any atom is 0.125 e. The Morgan fingerprint density at radius 1 is 1.36 bits per heavy atom. The van der Waals surface area contributed by atoms with Gasteiger partial charge in [0.05, 0.1) is 22.9 Å². The Kier molecular flexibility index (Phi) is 4.81. The lowest BCUT2D eigenvalue weighted by Gasteiger charge is -2.26. The number of aromatic nitrogens is 3. The van der Waals surface area contributed by atoms with Crippen LogP contribution in [-0.4, -0.2) is 45.4 Å². The zero-order valence-electron chi connectivity index (χ0n) is 13.5. The van der Waals surface area contributed by atoms with Gasteiger partial charge in [-0.15, -0.1) is 11.3 Å². The lowest BCUT2D eigenvalue weighted by atomic mass is 10.1. The summed E-state index contributed by atoms with van der Waals surface area (Å²) in [5.74, 6) is 0.859. The number of hydrogen-bond acceptors (Lipinski definition) is 6. The fraction of sp³-hybridized carbons (Fsp3) is 0.562. The van der Waals surface area contributed by atoms with E-state index in [0.29, 0.717) is 6.04 Å². The largest absolute Gasteiger partial charge is 0.305 e. The topological polar surface area (TPSA) is 45.2 Å². The van der Waals surface area contributed by atoms with Crippen molar-refractivity contribution in [3.8, 4) is 0 Å². The molecule has 0 aliphatic carbocycles. The van der Waals surface area contributed by atoms with E-state index in [0.717, 1.165) is 31.2 Å². The first-order chi connectivity index (χ1) is 10.6. The first kappa shape index (κ1) is 15.5. The third-order valence-corrected chi connectivity index (χ3v) is 4.67. The Morgan fingerprint density at radius 3 is 2.95 bits per heavy atom. The highest BCUT2D eigenvalue weighted by molar-refractivity contribution is 7.07. The van der Waals surface area contributed by atoms with Gasteiger partial charge in [0.15, 0.2) is 0 Å². The van der Waals surface area contributed by atoms with E-state index in [-0.39, 0.29) is 0 Å². The molecule has 0 bridgehead atoms. The van der Waals surface area contributed by atoms with Gasteiger partial charge >= 0.3 is 0 Å². The molecule has 1 unspecified atom stereocenters. The van der Waals surface area contributed by atoms with Crippen molar-refractivity contribution in [2.24, 2.45) is 0 Å². The molecular formula is C16H23N5S. The number of likely N-dealkylation sites (tertiary alicyclic amines) is 1. The molecule has 1 saturated heterocycles. The second kappa shape index (κ2) is 6.81. The van der Waals surface area contributed by atoms with Crippen molar-refractivity contribution >= 4 is 11.3 Å². The van der Waals surface area contributed by atoms with Gasteiger partial charge in [0.1, 0.15) is 5.82 Å². The minimum absolute atomic E-state index is 0.387. The van der Waals surface area contributed by atoms with Crippen LogP contribution in [0.25, 0.3) is 0 Å². The molecule has 1 aliphatic heterocycles. The van der Waals surface area contributed by atoms with Gasteiger partial charge in [-0.05, 0) is 40.4 Å². The molecule has 1 aliphatic rings. The van der Waals surface area contributed by atoms with Gasteiger partial charge in [0.25, 0.3) is 0 Å². The molecule has 0 amide bonds. The van der Waals surface area contributed by atoms with E-state index in [1.807, 2.05) is 18.6 Å². The molecule has 2 aromatic heterocycles. The highest BCUT2D eigenvalue weighted by Crippen LogP contribution is 2.34. The van der Waals surface area contributed by atoms with Gasteiger partial charge in [-0.25, -0.2) is 15.0 Å². The predicted octanol–water partition coefficient (Wildman–Crippen LogP) is 2.64. The first-order valence-electron chi connectivity index (χ1n) is 7.71. The fourth-order valence-electron chi connectivity index (χ4n) is 3.11. The monoisotopic (exact) mass is 317 g/mol. The molecule has 0 N–H and O–H groups in total. The number of hydrogen-bond donors (Lipinski definition) is 0.